The van der Waals surface area contributed by atoms with Crippen molar-refractivity contribution in [1.29, 1.82) is 0 Å². The molecule has 0 N–H and O–H groups in total. The largest absolute Gasteiger partial charge is 0.493 e. The van der Waals surface area contributed by atoms with E-state index >= 15 is 0 Å². The van der Waals surface area contributed by atoms with Crippen LogP contribution in [0, 0.1) is 0 Å². The Morgan fingerprint density at radius 1 is 1.19 bits per heavy atom. The van der Waals surface area contributed by atoms with Gasteiger partial charge in [0, 0.05) is 24.6 Å². The summed E-state index contributed by atoms with van der Waals surface area (Å²) in [5, 5.41) is 5.90. The minimum absolute atomic E-state index is 0.0291. The van der Waals surface area contributed by atoms with E-state index < -0.39 is 10.0 Å². The van der Waals surface area contributed by atoms with Crippen LogP contribution in [-0.4, -0.2) is 49.2 Å². The monoisotopic (exact) mass is 463 g/mol. The molecule has 0 radical (unpaired) electrons. The molecule has 0 amide bonds. The molecule has 1 aromatic carbocycles. The second kappa shape index (κ2) is 8.97. The first kappa shape index (κ1) is 21.8. The molecule has 0 bridgehead atoms. The van der Waals surface area contributed by atoms with Crippen LogP contribution in [0.3, 0.4) is 0 Å². The fraction of sp³-hybridized carbons (Fsp3) is 0.429. The summed E-state index contributed by atoms with van der Waals surface area (Å²) in [5.74, 6) is 2.29. The van der Waals surface area contributed by atoms with Crippen LogP contribution in [-0.2, 0) is 10.0 Å². The molecule has 1 saturated heterocycles. The van der Waals surface area contributed by atoms with Crippen LogP contribution in [0.2, 0.25) is 0 Å². The minimum atomic E-state index is -3.42. The summed E-state index contributed by atoms with van der Waals surface area (Å²) in [6, 6.07) is 8.91. The van der Waals surface area contributed by atoms with Gasteiger partial charge < -0.3 is 14.0 Å². The maximum Gasteiger partial charge on any atom is 0.252 e. The summed E-state index contributed by atoms with van der Waals surface area (Å²) < 4.78 is 44.0. The second-order valence-electron chi connectivity index (χ2n) is 7.60. The zero-order valence-corrected chi connectivity index (χ0v) is 19.3. The molecule has 1 fully saturated rings. The second-order valence-corrected chi connectivity index (χ2v) is 10.7. The summed E-state index contributed by atoms with van der Waals surface area (Å²) in [6.07, 6.45) is 1.30. The van der Waals surface area contributed by atoms with Crippen molar-refractivity contribution in [3.63, 3.8) is 0 Å². The smallest absolute Gasteiger partial charge is 0.252 e. The molecule has 1 aliphatic heterocycles. The summed E-state index contributed by atoms with van der Waals surface area (Å²) in [4.78, 5) is 4.57. The molecule has 0 saturated carbocycles. The number of methoxy groups -OCH3 is 1. The Balaban J connectivity index is 1.45. The molecule has 10 heteroatoms. The molecule has 1 aliphatic rings. The quantitative estimate of drug-likeness (QED) is 0.519. The summed E-state index contributed by atoms with van der Waals surface area (Å²) in [7, 11) is -1.83. The predicted molar refractivity (Wildman–Crippen MR) is 117 cm³/mol. The molecule has 0 spiro atoms. The summed E-state index contributed by atoms with van der Waals surface area (Å²) >= 11 is 1.24. The van der Waals surface area contributed by atoms with Crippen molar-refractivity contribution >= 4 is 21.4 Å². The van der Waals surface area contributed by atoms with Crippen molar-refractivity contribution in [2.45, 2.75) is 42.9 Å². The number of aromatic nitrogens is 2. The minimum Gasteiger partial charge on any atom is -0.493 e. The highest BCUT2D eigenvalue weighted by molar-refractivity contribution is 7.91. The van der Waals surface area contributed by atoms with Crippen molar-refractivity contribution in [3.05, 3.63) is 41.6 Å². The lowest BCUT2D eigenvalue weighted by Crippen LogP contribution is -2.37. The van der Waals surface area contributed by atoms with E-state index in [-0.39, 0.29) is 12.0 Å². The number of nitrogens with zero attached hydrogens (tertiary/aromatic N) is 3. The lowest BCUT2D eigenvalue weighted by molar-refractivity contribution is 0.230. The van der Waals surface area contributed by atoms with E-state index in [1.165, 1.54) is 15.6 Å². The first-order valence-electron chi connectivity index (χ1n) is 10.1. The molecule has 8 nitrogen and oxygen atoms in total. The maximum absolute atomic E-state index is 12.7. The Bertz CT molecular complexity index is 1120. The highest BCUT2D eigenvalue weighted by Crippen LogP contribution is 2.34. The van der Waals surface area contributed by atoms with E-state index in [9.17, 15) is 8.42 Å². The number of thiophene rings is 1. The number of rotatable bonds is 7. The highest BCUT2D eigenvalue weighted by atomic mass is 32.2. The van der Waals surface area contributed by atoms with Crippen LogP contribution in [0.4, 0.5) is 0 Å². The number of piperidine rings is 1. The third-order valence-corrected chi connectivity index (χ3v) is 8.39. The average molecular weight is 464 g/mol. The molecule has 3 heterocycles. The van der Waals surface area contributed by atoms with Crippen LogP contribution in [0.15, 0.2) is 44.4 Å². The Morgan fingerprint density at radius 2 is 1.97 bits per heavy atom. The van der Waals surface area contributed by atoms with Crippen LogP contribution in [0.1, 0.15) is 38.5 Å². The van der Waals surface area contributed by atoms with Gasteiger partial charge in [-0.3, -0.25) is 0 Å². The molecule has 0 atom stereocenters. The van der Waals surface area contributed by atoms with Gasteiger partial charge in [0.2, 0.25) is 11.7 Å². The Labute approximate surface area is 185 Å². The number of ether oxygens (including phenoxy) is 2. The van der Waals surface area contributed by atoms with E-state index in [4.69, 9.17) is 14.0 Å². The predicted octanol–water partition coefficient (Wildman–Crippen LogP) is 4.16. The number of sulfonamides is 1. The third kappa shape index (κ3) is 4.60. The normalized spacial score (nSPS) is 16.0. The third-order valence-electron chi connectivity index (χ3n) is 5.12. The molecule has 31 heavy (non-hydrogen) atoms. The maximum atomic E-state index is 12.7. The fourth-order valence-electron chi connectivity index (χ4n) is 3.56. The first-order valence-corrected chi connectivity index (χ1v) is 12.4. The molecular weight excluding hydrogens is 438 g/mol. The molecule has 3 aromatic rings. The summed E-state index contributed by atoms with van der Waals surface area (Å²) in [5.41, 5.74) is 0.765. The number of hydrogen-bond acceptors (Lipinski definition) is 8. The van der Waals surface area contributed by atoms with Gasteiger partial charge in [0.1, 0.15) is 4.21 Å². The number of benzene rings is 1. The molecule has 0 aliphatic carbocycles. The lowest BCUT2D eigenvalue weighted by atomic mass is 9.98. The topological polar surface area (TPSA) is 94.8 Å². The van der Waals surface area contributed by atoms with Gasteiger partial charge in [-0.25, -0.2) is 8.42 Å². The van der Waals surface area contributed by atoms with Crippen LogP contribution in [0.25, 0.3) is 11.4 Å². The van der Waals surface area contributed by atoms with Crippen molar-refractivity contribution in [2.75, 3.05) is 20.2 Å². The zero-order valence-electron chi connectivity index (χ0n) is 17.6. The Morgan fingerprint density at radius 3 is 2.61 bits per heavy atom. The molecule has 0 unspecified atom stereocenters. The van der Waals surface area contributed by atoms with Gasteiger partial charge in [-0.15, -0.1) is 11.3 Å². The molecular formula is C21H25N3O5S2. The Hall–Kier alpha value is -2.43. The van der Waals surface area contributed by atoms with E-state index in [2.05, 4.69) is 10.1 Å². The van der Waals surface area contributed by atoms with Crippen LogP contribution in [0.5, 0.6) is 11.5 Å². The van der Waals surface area contributed by atoms with Gasteiger partial charge in [-0.05, 0) is 56.3 Å². The zero-order chi connectivity index (χ0) is 22.0. The Kier molecular flexibility index (Phi) is 6.31. The fourth-order valence-corrected chi connectivity index (χ4v) is 6.17. The molecule has 4 rings (SSSR count). The van der Waals surface area contributed by atoms with Crippen LogP contribution >= 0.6 is 11.3 Å². The highest BCUT2D eigenvalue weighted by Gasteiger charge is 2.32. The molecule has 166 valence electrons. The van der Waals surface area contributed by atoms with Crippen molar-refractivity contribution in [3.8, 4) is 22.9 Å². The standard InChI is InChI=1S/C21H25N3O5S2/c1-14(2)28-17-7-6-16(13-18(17)27-3)20-22-21(29-23-20)15-8-10-24(11-9-15)31(25,26)19-5-4-12-30-19/h4-7,12-15H,8-11H2,1-3H3. The number of hydrogen-bond donors (Lipinski definition) is 0. The van der Waals surface area contributed by atoms with E-state index in [0.29, 0.717) is 53.4 Å². The van der Waals surface area contributed by atoms with E-state index in [1.54, 1.807) is 24.6 Å². The average Bonchev–Trinajstić information content (AvgIpc) is 3.46. The first-order chi connectivity index (χ1) is 14.9. The van der Waals surface area contributed by atoms with Crippen molar-refractivity contribution < 1.29 is 22.4 Å². The van der Waals surface area contributed by atoms with Gasteiger partial charge in [0.25, 0.3) is 10.0 Å². The summed E-state index contributed by atoms with van der Waals surface area (Å²) in [6.45, 7) is 4.76. The van der Waals surface area contributed by atoms with Gasteiger partial charge in [-0.2, -0.15) is 9.29 Å². The van der Waals surface area contributed by atoms with Gasteiger partial charge in [0.15, 0.2) is 11.5 Å². The van der Waals surface area contributed by atoms with E-state index in [0.717, 1.165) is 5.56 Å². The SMILES string of the molecule is COc1cc(-c2noc(C3CCN(S(=O)(=O)c4cccs4)CC3)n2)ccc1OC(C)C. The van der Waals surface area contributed by atoms with Crippen molar-refractivity contribution in [2.24, 2.45) is 0 Å². The van der Waals surface area contributed by atoms with Crippen molar-refractivity contribution in [1.82, 2.24) is 14.4 Å². The lowest BCUT2D eigenvalue weighted by Gasteiger charge is -2.29. The van der Waals surface area contributed by atoms with Gasteiger partial charge >= 0.3 is 0 Å². The van der Waals surface area contributed by atoms with Crippen LogP contribution < -0.4 is 9.47 Å². The molecule has 2 aromatic heterocycles. The van der Waals surface area contributed by atoms with Gasteiger partial charge in [-0.1, -0.05) is 11.2 Å². The van der Waals surface area contributed by atoms with E-state index in [1.807, 2.05) is 32.0 Å². The van der Waals surface area contributed by atoms with Gasteiger partial charge in [0.05, 0.1) is 13.2 Å².